The van der Waals surface area contributed by atoms with Crippen LogP contribution in [0.25, 0.3) is 0 Å². The lowest BCUT2D eigenvalue weighted by Gasteiger charge is -2.15. The molecule has 2 N–H and O–H groups in total. The molecular weight excluding hydrogens is 622 g/mol. The van der Waals surface area contributed by atoms with Crippen molar-refractivity contribution in [3.63, 3.8) is 0 Å². The van der Waals surface area contributed by atoms with E-state index in [0.717, 1.165) is 77.0 Å². The number of ether oxygens (including phenoxy) is 1. The molecule has 286 valence electrons. The van der Waals surface area contributed by atoms with E-state index in [1.54, 1.807) is 0 Å². The third-order valence-electron chi connectivity index (χ3n) is 8.66. The zero-order valence-corrected chi connectivity index (χ0v) is 32.2. The van der Waals surface area contributed by atoms with Crippen LogP contribution in [0.5, 0.6) is 0 Å². The highest BCUT2D eigenvalue weighted by Crippen LogP contribution is 2.15. The van der Waals surface area contributed by atoms with Crippen molar-refractivity contribution in [2.24, 2.45) is 0 Å². The van der Waals surface area contributed by atoms with Gasteiger partial charge in [-0.3, -0.25) is 14.4 Å². The Bertz CT molecular complexity index is 948. The molecule has 0 rings (SSSR count). The van der Waals surface area contributed by atoms with E-state index in [0.29, 0.717) is 12.8 Å². The molecule has 50 heavy (non-hydrogen) atoms. The van der Waals surface area contributed by atoms with Crippen molar-refractivity contribution in [3.05, 3.63) is 60.8 Å². The van der Waals surface area contributed by atoms with Crippen LogP contribution in [0.2, 0.25) is 0 Å². The lowest BCUT2D eigenvalue weighted by atomic mass is 10.1. The molecule has 0 bridgehead atoms. The molecule has 1 atom stereocenters. The van der Waals surface area contributed by atoms with E-state index in [1.807, 2.05) is 0 Å². The number of hydrogen-bond acceptors (Lipinski definition) is 4. The molecule has 0 radical (unpaired) electrons. The Hall–Kier alpha value is -2.89. The van der Waals surface area contributed by atoms with Gasteiger partial charge in [-0.25, -0.2) is 0 Å². The summed E-state index contributed by atoms with van der Waals surface area (Å²) in [7, 11) is 0. The van der Waals surface area contributed by atoms with Crippen molar-refractivity contribution in [1.82, 2.24) is 5.32 Å². The number of carboxylic acid groups (broad SMARTS) is 1. The van der Waals surface area contributed by atoms with Crippen LogP contribution < -0.4 is 5.32 Å². The monoisotopic (exact) mass is 698 g/mol. The van der Waals surface area contributed by atoms with Crippen LogP contribution in [0.4, 0.5) is 0 Å². The van der Waals surface area contributed by atoms with Gasteiger partial charge in [0.1, 0.15) is 12.6 Å². The van der Waals surface area contributed by atoms with Crippen molar-refractivity contribution >= 4 is 17.8 Å². The second-order valence-electron chi connectivity index (χ2n) is 13.5. The number of allylic oxidation sites excluding steroid dienone is 9. The average Bonchev–Trinajstić information content (AvgIpc) is 3.10. The first-order valence-corrected chi connectivity index (χ1v) is 20.4. The number of carbonyl (C=O) groups excluding carboxylic acids is 2. The third-order valence-corrected chi connectivity index (χ3v) is 8.66. The van der Waals surface area contributed by atoms with E-state index in [9.17, 15) is 14.4 Å². The first-order valence-electron chi connectivity index (χ1n) is 20.4. The maximum atomic E-state index is 12.7. The van der Waals surface area contributed by atoms with Crippen molar-refractivity contribution in [2.45, 2.75) is 193 Å². The summed E-state index contributed by atoms with van der Waals surface area (Å²) >= 11 is 0. The van der Waals surface area contributed by atoms with Gasteiger partial charge in [-0.15, -0.1) is 0 Å². The molecule has 0 saturated carbocycles. The third kappa shape index (κ3) is 37.9. The molecule has 0 aromatic rings. The Labute approximate surface area is 307 Å². The maximum absolute atomic E-state index is 12.7. The standard InChI is InChI=1S/C44H75NO5/c1-3-5-7-9-11-13-14-15-16-17-18-19-20-21-22-23-24-25-27-29-35-39-44(49)50-41(36-32-28-26-12-10-8-6-4-2)37-33-30-31-34-38-42(46)45-40-43(47)48/h5,7,11,13,15-16,18-19,32,36,41H,3-4,6,8-10,12,14,17,20-31,33-35,37-40H2,1-2H3,(H,45,46)(H,47,48)/b7-5-,13-11-,16-15-,19-18-,36-32-. The normalized spacial score (nSPS) is 12.7. The maximum Gasteiger partial charge on any atom is 0.322 e. The number of nitrogens with one attached hydrogen (secondary N) is 1. The second-order valence-corrected chi connectivity index (χ2v) is 13.5. The van der Waals surface area contributed by atoms with Gasteiger partial charge in [0.25, 0.3) is 0 Å². The molecule has 0 spiro atoms. The number of carbonyl (C=O) groups is 3. The lowest BCUT2D eigenvalue weighted by Crippen LogP contribution is -2.28. The molecule has 6 nitrogen and oxygen atoms in total. The summed E-state index contributed by atoms with van der Waals surface area (Å²) < 4.78 is 5.89. The summed E-state index contributed by atoms with van der Waals surface area (Å²) in [5.74, 6) is -1.34. The molecule has 6 heteroatoms. The number of esters is 1. The molecule has 0 aliphatic rings. The van der Waals surface area contributed by atoms with Crippen LogP contribution in [0.15, 0.2) is 60.8 Å². The van der Waals surface area contributed by atoms with E-state index in [-0.39, 0.29) is 24.5 Å². The van der Waals surface area contributed by atoms with Crippen LogP contribution in [0.1, 0.15) is 187 Å². The number of rotatable bonds is 36. The van der Waals surface area contributed by atoms with Gasteiger partial charge in [-0.1, -0.05) is 152 Å². The highest BCUT2D eigenvalue weighted by Gasteiger charge is 2.12. The molecule has 0 aromatic heterocycles. The van der Waals surface area contributed by atoms with Gasteiger partial charge in [0, 0.05) is 12.8 Å². The van der Waals surface area contributed by atoms with Gasteiger partial charge >= 0.3 is 11.9 Å². The number of aliphatic carboxylic acids is 1. The van der Waals surface area contributed by atoms with Gasteiger partial charge in [0.05, 0.1) is 0 Å². The quantitative estimate of drug-likeness (QED) is 0.0386. The number of amides is 1. The number of carboxylic acids is 1. The van der Waals surface area contributed by atoms with E-state index in [2.05, 4.69) is 79.9 Å². The van der Waals surface area contributed by atoms with Crippen molar-refractivity contribution < 1.29 is 24.2 Å². The van der Waals surface area contributed by atoms with Crippen molar-refractivity contribution in [2.75, 3.05) is 6.54 Å². The topological polar surface area (TPSA) is 92.7 Å². The van der Waals surface area contributed by atoms with Gasteiger partial charge in [-0.2, -0.15) is 0 Å². The zero-order valence-electron chi connectivity index (χ0n) is 32.2. The minimum Gasteiger partial charge on any atom is -0.480 e. The van der Waals surface area contributed by atoms with Gasteiger partial charge in [0.15, 0.2) is 0 Å². The van der Waals surface area contributed by atoms with E-state index >= 15 is 0 Å². The number of hydrogen-bond donors (Lipinski definition) is 2. The molecule has 1 amide bonds. The fourth-order valence-electron chi connectivity index (χ4n) is 5.65. The summed E-state index contributed by atoms with van der Waals surface area (Å²) in [5, 5.41) is 11.1. The van der Waals surface area contributed by atoms with Crippen molar-refractivity contribution in [3.8, 4) is 0 Å². The fourth-order valence-corrected chi connectivity index (χ4v) is 5.65. The molecule has 0 aromatic carbocycles. The van der Waals surface area contributed by atoms with E-state index in [1.165, 1.54) is 83.5 Å². The number of unbranched alkanes of at least 4 members (excludes halogenated alkanes) is 17. The minimum atomic E-state index is -1.03. The molecular formula is C44H75NO5. The van der Waals surface area contributed by atoms with Crippen LogP contribution >= 0.6 is 0 Å². The highest BCUT2D eigenvalue weighted by molar-refractivity contribution is 5.80. The molecule has 0 fully saturated rings. The van der Waals surface area contributed by atoms with E-state index < -0.39 is 5.97 Å². The largest absolute Gasteiger partial charge is 0.480 e. The van der Waals surface area contributed by atoms with Crippen LogP contribution in [-0.4, -0.2) is 35.6 Å². The predicted molar refractivity (Wildman–Crippen MR) is 212 cm³/mol. The summed E-state index contributed by atoms with van der Waals surface area (Å²) in [6, 6.07) is 0. The predicted octanol–water partition coefficient (Wildman–Crippen LogP) is 12.5. The fraction of sp³-hybridized carbons (Fsp3) is 0.705. The van der Waals surface area contributed by atoms with Crippen LogP contribution in [-0.2, 0) is 19.1 Å². The van der Waals surface area contributed by atoms with Crippen LogP contribution in [0, 0.1) is 0 Å². The van der Waals surface area contributed by atoms with Gasteiger partial charge < -0.3 is 15.2 Å². The van der Waals surface area contributed by atoms with Gasteiger partial charge in [0.2, 0.25) is 5.91 Å². The summed E-state index contributed by atoms with van der Waals surface area (Å²) in [4.78, 5) is 34.9. The summed E-state index contributed by atoms with van der Waals surface area (Å²) in [5.41, 5.74) is 0. The minimum absolute atomic E-state index is 0.0924. The first kappa shape index (κ1) is 47.1. The Morgan fingerprint density at radius 1 is 0.560 bits per heavy atom. The summed E-state index contributed by atoms with van der Waals surface area (Å²) in [6.45, 7) is 4.07. The summed E-state index contributed by atoms with van der Waals surface area (Å²) in [6.07, 6.45) is 50.7. The SMILES string of the molecule is CC/C=C\C/C=C\C/C=C\C/C=C\CCCCCCCCCCC(=O)OC(/C=C\CCCCCCCC)CCCCCCC(=O)NCC(=O)O. The highest BCUT2D eigenvalue weighted by atomic mass is 16.5. The Balaban J connectivity index is 4.06. The Kier molecular flexibility index (Phi) is 36.7. The van der Waals surface area contributed by atoms with E-state index in [4.69, 9.17) is 9.84 Å². The first-order chi connectivity index (χ1) is 24.5. The smallest absolute Gasteiger partial charge is 0.322 e. The molecule has 1 unspecified atom stereocenters. The Morgan fingerprint density at radius 3 is 1.62 bits per heavy atom. The van der Waals surface area contributed by atoms with Gasteiger partial charge in [-0.05, 0) is 83.1 Å². The lowest BCUT2D eigenvalue weighted by molar-refractivity contribution is -0.147. The van der Waals surface area contributed by atoms with Crippen molar-refractivity contribution in [1.29, 1.82) is 0 Å². The second kappa shape index (κ2) is 38.9. The Morgan fingerprint density at radius 2 is 1.04 bits per heavy atom. The molecule has 0 aliphatic carbocycles. The molecule has 0 heterocycles. The van der Waals surface area contributed by atoms with Crippen LogP contribution in [0.3, 0.4) is 0 Å². The zero-order chi connectivity index (χ0) is 36.6. The molecule has 0 saturated heterocycles. The average molecular weight is 698 g/mol. The molecule has 0 aliphatic heterocycles.